The number of amides is 1. The van der Waals surface area contributed by atoms with Crippen molar-refractivity contribution in [3.63, 3.8) is 0 Å². The van der Waals surface area contributed by atoms with Crippen LogP contribution in [0.3, 0.4) is 0 Å². The number of anilines is 2. The Morgan fingerprint density at radius 3 is 2.63 bits per heavy atom. The largest absolute Gasteiger partial charge is 0.299 e. The molecule has 30 heavy (non-hydrogen) atoms. The fourth-order valence-corrected chi connectivity index (χ4v) is 5.48. The molecule has 1 unspecified atom stereocenters. The number of non-ortho nitro benzene ring substituents is 1. The topological polar surface area (TPSA) is 135 Å². The fourth-order valence-electron chi connectivity index (χ4n) is 2.55. The number of nitro groups is 1. The molecule has 2 rings (SSSR count). The van der Waals surface area contributed by atoms with Gasteiger partial charge in [0.2, 0.25) is 21.1 Å². The minimum absolute atomic E-state index is 0.0409. The lowest BCUT2D eigenvalue weighted by atomic mass is 10.2. The summed E-state index contributed by atoms with van der Waals surface area (Å²) in [6.45, 7) is 5.82. The Kier molecular flexibility index (Phi) is 8.15. The summed E-state index contributed by atoms with van der Waals surface area (Å²) < 4.78 is 26.5. The number of nitro benzene ring substituents is 1. The SMILES string of the molecule is CCC(C(=O)Nc1nnc(SCC(C)C)s1)N(c1cccc([N+](=O)[O-])c1)S(C)(=O)=O. The Labute approximate surface area is 183 Å². The summed E-state index contributed by atoms with van der Waals surface area (Å²) in [6, 6.07) is 4.05. The first-order valence-electron chi connectivity index (χ1n) is 9.04. The number of carbonyl (C=O) groups excluding carboxylic acids is 1. The van der Waals surface area contributed by atoms with Crippen molar-refractivity contribution in [1.82, 2.24) is 10.2 Å². The quantitative estimate of drug-likeness (QED) is 0.240. The summed E-state index contributed by atoms with van der Waals surface area (Å²) in [6.07, 6.45) is 1.10. The van der Waals surface area contributed by atoms with E-state index in [1.54, 1.807) is 6.92 Å². The molecule has 1 aromatic heterocycles. The highest BCUT2D eigenvalue weighted by molar-refractivity contribution is 8.01. The molecule has 0 aliphatic heterocycles. The van der Waals surface area contributed by atoms with Gasteiger partial charge in [-0.3, -0.25) is 24.5 Å². The molecule has 1 atom stereocenters. The zero-order valence-corrected chi connectivity index (χ0v) is 19.4. The van der Waals surface area contributed by atoms with E-state index in [-0.39, 0.29) is 22.9 Å². The van der Waals surface area contributed by atoms with E-state index >= 15 is 0 Å². The zero-order valence-electron chi connectivity index (χ0n) is 16.9. The van der Waals surface area contributed by atoms with Crippen molar-refractivity contribution >= 4 is 55.5 Å². The normalized spacial score (nSPS) is 12.6. The Morgan fingerprint density at radius 1 is 1.37 bits per heavy atom. The average molecular weight is 474 g/mol. The van der Waals surface area contributed by atoms with E-state index < -0.39 is 26.9 Å². The first-order chi connectivity index (χ1) is 14.0. The van der Waals surface area contributed by atoms with Crippen LogP contribution in [0.1, 0.15) is 27.2 Å². The number of aromatic nitrogens is 2. The Hall–Kier alpha value is -2.25. The number of nitrogens with one attached hydrogen (secondary N) is 1. The van der Waals surface area contributed by atoms with Crippen LogP contribution in [-0.2, 0) is 14.8 Å². The summed E-state index contributed by atoms with van der Waals surface area (Å²) in [7, 11) is -3.91. The third-order valence-corrected chi connectivity index (χ3v) is 7.38. The van der Waals surface area contributed by atoms with Gasteiger partial charge in [0.25, 0.3) is 5.69 Å². The predicted octanol–water partition coefficient (Wildman–Crippen LogP) is 3.38. The van der Waals surface area contributed by atoms with Gasteiger partial charge in [-0.15, -0.1) is 10.2 Å². The van der Waals surface area contributed by atoms with Crippen LogP contribution in [0.2, 0.25) is 0 Å². The minimum Gasteiger partial charge on any atom is -0.299 e. The van der Waals surface area contributed by atoms with E-state index in [0.717, 1.165) is 22.4 Å². The Balaban J connectivity index is 2.28. The van der Waals surface area contributed by atoms with Crippen LogP contribution in [0, 0.1) is 16.0 Å². The van der Waals surface area contributed by atoms with Gasteiger partial charge in [-0.25, -0.2) is 8.42 Å². The van der Waals surface area contributed by atoms with E-state index in [9.17, 15) is 23.3 Å². The molecule has 0 aliphatic rings. The van der Waals surface area contributed by atoms with E-state index in [1.807, 2.05) is 0 Å². The van der Waals surface area contributed by atoms with Crippen molar-refractivity contribution in [2.24, 2.45) is 5.92 Å². The number of thioether (sulfide) groups is 1. The first-order valence-corrected chi connectivity index (χ1v) is 12.7. The van der Waals surface area contributed by atoms with Crippen LogP contribution in [-0.4, -0.2) is 47.5 Å². The summed E-state index contributed by atoms with van der Waals surface area (Å²) >= 11 is 2.73. The molecular weight excluding hydrogens is 450 g/mol. The molecule has 0 saturated carbocycles. The lowest BCUT2D eigenvalue weighted by molar-refractivity contribution is -0.384. The van der Waals surface area contributed by atoms with E-state index in [4.69, 9.17) is 0 Å². The van der Waals surface area contributed by atoms with Gasteiger partial charge in [-0.1, -0.05) is 49.9 Å². The molecular formula is C17H23N5O5S3. The van der Waals surface area contributed by atoms with Gasteiger partial charge in [0, 0.05) is 17.9 Å². The number of hydrogen-bond donors (Lipinski definition) is 1. The van der Waals surface area contributed by atoms with Crippen LogP contribution in [0.15, 0.2) is 28.6 Å². The molecule has 0 radical (unpaired) electrons. The van der Waals surface area contributed by atoms with Gasteiger partial charge in [0.05, 0.1) is 16.9 Å². The molecule has 0 bridgehead atoms. The molecule has 13 heteroatoms. The van der Waals surface area contributed by atoms with Crippen LogP contribution in [0.25, 0.3) is 0 Å². The smallest absolute Gasteiger partial charge is 0.271 e. The standard InChI is InChI=1S/C17H23N5O5S3/c1-5-14(15(23)18-16-19-20-17(29-16)28-10-11(2)3)21(30(4,26)27)12-7-6-8-13(9-12)22(24)25/h6-9,11,14H,5,10H2,1-4H3,(H,18,19,23). The lowest BCUT2D eigenvalue weighted by Crippen LogP contribution is -2.47. The molecule has 0 saturated heterocycles. The number of sulfonamides is 1. The van der Waals surface area contributed by atoms with Crippen LogP contribution < -0.4 is 9.62 Å². The maximum Gasteiger partial charge on any atom is 0.271 e. The maximum absolute atomic E-state index is 12.9. The fraction of sp³-hybridized carbons (Fsp3) is 0.471. The van der Waals surface area contributed by atoms with Gasteiger partial charge in [0.15, 0.2) is 4.34 Å². The second-order valence-electron chi connectivity index (χ2n) is 6.83. The van der Waals surface area contributed by atoms with Gasteiger partial charge < -0.3 is 0 Å². The second kappa shape index (κ2) is 10.2. The molecule has 1 aromatic carbocycles. The average Bonchev–Trinajstić information content (AvgIpc) is 3.10. The molecule has 2 aromatic rings. The molecule has 0 fully saturated rings. The highest BCUT2D eigenvalue weighted by Gasteiger charge is 2.32. The third kappa shape index (κ3) is 6.37. The maximum atomic E-state index is 12.9. The molecule has 164 valence electrons. The Morgan fingerprint density at radius 2 is 2.07 bits per heavy atom. The van der Waals surface area contributed by atoms with Crippen LogP contribution in [0.4, 0.5) is 16.5 Å². The number of rotatable bonds is 10. The van der Waals surface area contributed by atoms with Crippen molar-refractivity contribution in [1.29, 1.82) is 0 Å². The van der Waals surface area contributed by atoms with Gasteiger partial charge >= 0.3 is 0 Å². The van der Waals surface area contributed by atoms with Crippen molar-refractivity contribution < 1.29 is 18.1 Å². The van der Waals surface area contributed by atoms with E-state index in [0.29, 0.717) is 10.3 Å². The van der Waals surface area contributed by atoms with Crippen molar-refractivity contribution in [2.45, 2.75) is 37.6 Å². The number of carbonyl (C=O) groups is 1. The van der Waals surface area contributed by atoms with Gasteiger partial charge in [-0.05, 0) is 18.4 Å². The van der Waals surface area contributed by atoms with Gasteiger partial charge in [-0.2, -0.15) is 0 Å². The molecule has 0 spiro atoms. The lowest BCUT2D eigenvalue weighted by Gasteiger charge is -2.29. The first kappa shape index (κ1) is 24.0. The van der Waals surface area contributed by atoms with Crippen molar-refractivity contribution in [2.75, 3.05) is 21.6 Å². The second-order valence-corrected chi connectivity index (χ2v) is 10.9. The number of benzene rings is 1. The van der Waals surface area contributed by atoms with Crippen LogP contribution >= 0.6 is 23.1 Å². The minimum atomic E-state index is -3.91. The summed E-state index contributed by atoms with van der Waals surface area (Å²) in [5.41, 5.74) is -0.230. The monoisotopic (exact) mass is 473 g/mol. The van der Waals surface area contributed by atoms with Crippen molar-refractivity contribution in [3.8, 4) is 0 Å². The molecule has 1 amide bonds. The summed E-state index contributed by atoms with van der Waals surface area (Å²) in [5, 5.41) is 21.9. The van der Waals surface area contributed by atoms with Gasteiger partial charge in [0.1, 0.15) is 6.04 Å². The summed E-state index contributed by atoms with van der Waals surface area (Å²) in [4.78, 5) is 23.3. The molecule has 1 N–H and O–H groups in total. The highest BCUT2D eigenvalue weighted by Crippen LogP contribution is 2.29. The molecule has 0 aliphatic carbocycles. The van der Waals surface area contributed by atoms with Crippen LogP contribution in [0.5, 0.6) is 0 Å². The molecule has 1 heterocycles. The predicted molar refractivity (Wildman–Crippen MR) is 119 cm³/mol. The van der Waals surface area contributed by atoms with Crippen molar-refractivity contribution in [3.05, 3.63) is 34.4 Å². The third-order valence-electron chi connectivity index (χ3n) is 3.80. The summed E-state index contributed by atoms with van der Waals surface area (Å²) in [5.74, 6) is 0.736. The number of nitrogens with zero attached hydrogens (tertiary/aromatic N) is 4. The highest BCUT2D eigenvalue weighted by atomic mass is 32.2. The van der Waals surface area contributed by atoms with E-state index in [2.05, 4.69) is 29.4 Å². The number of hydrogen-bond acceptors (Lipinski definition) is 9. The van der Waals surface area contributed by atoms with E-state index in [1.165, 1.54) is 41.3 Å². The zero-order chi connectivity index (χ0) is 22.5. The molecule has 10 nitrogen and oxygen atoms in total. The Bertz CT molecular complexity index is 1010.